The fourth-order valence-electron chi connectivity index (χ4n) is 2.47. The van der Waals surface area contributed by atoms with Gasteiger partial charge in [-0.25, -0.2) is 0 Å². The van der Waals surface area contributed by atoms with Crippen LogP contribution in [-0.4, -0.2) is 41.6 Å². The summed E-state index contributed by atoms with van der Waals surface area (Å²) < 4.78 is 0. The number of nitrogens with zero attached hydrogens (tertiary/aromatic N) is 1. The molecule has 1 unspecified atom stereocenters. The number of rotatable bonds is 11. The lowest BCUT2D eigenvalue weighted by Gasteiger charge is -2.14. The van der Waals surface area contributed by atoms with Gasteiger partial charge in [-0.2, -0.15) is 0 Å². The van der Waals surface area contributed by atoms with Gasteiger partial charge in [-0.15, -0.1) is 0 Å². The number of carbonyl (C=O) groups is 4. The molecule has 23 heavy (non-hydrogen) atoms. The Morgan fingerprint density at radius 3 is 2.39 bits per heavy atom. The Hall–Kier alpha value is -2.18. The van der Waals surface area contributed by atoms with Crippen LogP contribution in [0.1, 0.15) is 45.4 Å². The Kier molecular flexibility index (Phi) is 8.01. The molecule has 0 saturated carbocycles. The van der Waals surface area contributed by atoms with Crippen LogP contribution in [0, 0.1) is 5.92 Å². The van der Waals surface area contributed by atoms with E-state index in [0.717, 1.165) is 37.0 Å². The summed E-state index contributed by atoms with van der Waals surface area (Å²) in [7, 11) is 0. The summed E-state index contributed by atoms with van der Waals surface area (Å²) in [4.78, 5) is 46.6. The van der Waals surface area contributed by atoms with E-state index in [0.29, 0.717) is 6.54 Å². The quantitative estimate of drug-likeness (QED) is 0.426. The molecular weight excluding hydrogens is 298 g/mol. The van der Waals surface area contributed by atoms with E-state index in [4.69, 9.17) is 5.73 Å². The molecule has 0 aliphatic carbocycles. The van der Waals surface area contributed by atoms with Crippen molar-refractivity contribution >= 4 is 23.6 Å². The maximum absolute atomic E-state index is 11.7. The Labute approximate surface area is 136 Å². The van der Waals surface area contributed by atoms with Gasteiger partial charge in [0.25, 0.3) is 11.8 Å². The first-order valence-electron chi connectivity index (χ1n) is 8.05. The Bertz CT molecular complexity index is 470. The van der Waals surface area contributed by atoms with Gasteiger partial charge in [-0.3, -0.25) is 24.1 Å². The molecule has 0 aromatic rings. The fourth-order valence-corrected chi connectivity index (χ4v) is 2.47. The van der Waals surface area contributed by atoms with Gasteiger partial charge in [0, 0.05) is 37.6 Å². The zero-order chi connectivity index (χ0) is 17.2. The summed E-state index contributed by atoms with van der Waals surface area (Å²) >= 11 is 0. The van der Waals surface area contributed by atoms with Crippen molar-refractivity contribution in [1.29, 1.82) is 0 Å². The first kappa shape index (κ1) is 18.9. The second-order valence-electron chi connectivity index (χ2n) is 5.65. The highest BCUT2D eigenvalue weighted by Gasteiger charge is 2.23. The number of carbonyl (C=O) groups excluding carboxylic acids is 4. The van der Waals surface area contributed by atoms with Gasteiger partial charge < -0.3 is 11.1 Å². The zero-order valence-corrected chi connectivity index (χ0v) is 13.5. The summed E-state index contributed by atoms with van der Waals surface area (Å²) in [5, 5.41) is 2.75. The maximum atomic E-state index is 11.7. The van der Waals surface area contributed by atoms with Gasteiger partial charge in [0.15, 0.2) is 0 Å². The Morgan fingerprint density at radius 2 is 1.83 bits per heavy atom. The molecule has 7 nitrogen and oxygen atoms in total. The third-order valence-corrected chi connectivity index (χ3v) is 3.80. The lowest BCUT2D eigenvalue weighted by molar-refractivity contribution is -0.137. The molecule has 1 aliphatic rings. The predicted octanol–water partition coefficient (Wildman–Crippen LogP) is 0.490. The van der Waals surface area contributed by atoms with Crippen molar-refractivity contribution < 1.29 is 19.2 Å². The van der Waals surface area contributed by atoms with E-state index < -0.39 is 0 Å². The normalized spacial score (nSPS) is 15.1. The van der Waals surface area contributed by atoms with Crippen LogP contribution in [-0.2, 0) is 19.2 Å². The molecule has 0 saturated heterocycles. The summed E-state index contributed by atoms with van der Waals surface area (Å²) in [5.41, 5.74) is 5.33. The van der Waals surface area contributed by atoms with Crippen molar-refractivity contribution in [2.45, 2.75) is 45.4 Å². The molecule has 3 N–H and O–H groups in total. The molecule has 7 heteroatoms. The molecule has 0 aromatic carbocycles. The summed E-state index contributed by atoms with van der Waals surface area (Å²) in [6.45, 7) is 2.62. The lowest BCUT2D eigenvalue weighted by Crippen LogP contribution is -2.35. The fraction of sp³-hybridized carbons (Fsp3) is 0.625. The van der Waals surface area contributed by atoms with E-state index in [2.05, 4.69) is 5.32 Å². The third-order valence-electron chi connectivity index (χ3n) is 3.80. The number of hydrogen-bond acceptors (Lipinski definition) is 4. The minimum atomic E-state index is -0.379. The minimum Gasteiger partial charge on any atom is -0.369 e. The van der Waals surface area contributed by atoms with Gasteiger partial charge in [-0.1, -0.05) is 19.8 Å². The van der Waals surface area contributed by atoms with Crippen LogP contribution in [0.3, 0.4) is 0 Å². The van der Waals surface area contributed by atoms with Gasteiger partial charge >= 0.3 is 0 Å². The monoisotopic (exact) mass is 323 g/mol. The number of amides is 4. The average molecular weight is 323 g/mol. The Balaban J connectivity index is 2.11. The molecular formula is C16H25N3O4. The van der Waals surface area contributed by atoms with Crippen LogP contribution in [0.15, 0.2) is 12.2 Å². The second kappa shape index (κ2) is 9.76. The van der Waals surface area contributed by atoms with Crippen molar-refractivity contribution in [2.24, 2.45) is 11.7 Å². The van der Waals surface area contributed by atoms with E-state index in [1.807, 2.05) is 6.92 Å². The third kappa shape index (κ3) is 6.63. The molecule has 0 aromatic heterocycles. The summed E-state index contributed by atoms with van der Waals surface area (Å²) in [6, 6.07) is 0. The molecule has 0 spiro atoms. The predicted molar refractivity (Wildman–Crippen MR) is 84.9 cm³/mol. The van der Waals surface area contributed by atoms with Crippen molar-refractivity contribution in [3.8, 4) is 0 Å². The molecule has 0 fully saturated rings. The summed E-state index contributed by atoms with van der Waals surface area (Å²) in [5.74, 6) is -1.30. The van der Waals surface area contributed by atoms with Gasteiger partial charge in [0.05, 0.1) is 0 Å². The standard InChI is InChI=1S/C16H25N3O4/c1-2-5-12(16(17)23)6-3-4-10-18-13(20)9-11-19-14(21)7-8-15(19)22/h7-8,12H,2-6,9-11H2,1H3,(H2,17,23)(H,18,20). The molecule has 1 atom stereocenters. The highest BCUT2D eigenvalue weighted by atomic mass is 16.2. The van der Waals surface area contributed by atoms with E-state index in [1.54, 1.807) is 0 Å². The number of unbranched alkanes of at least 4 members (excludes halogenated alkanes) is 1. The minimum absolute atomic E-state index is 0.0876. The smallest absolute Gasteiger partial charge is 0.253 e. The number of nitrogens with two attached hydrogens (primary N) is 1. The molecule has 0 radical (unpaired) electrons. The van der Waals surface area contributed by atoms with Crippen molar-refractivity contribution in [3.05, 3.63) is 12.2 Å². The first-order chi connectivity index (χ1) is 11.0. The summed E-state index contributed by atoms with van der Waals surface area (Å²) in [6.07, 6.45) is 6.54. The van der Waals surface area contributed by atoms with Crippen LogP contribution in [0.4, 0.5) is 0 Å². The number of imide groups is 1. The van der Waals surface area contributed by atoms with E-state index in [-0.39, 0.29) is 42.5 Å². The molecule has 1 rings (SSSR count). The van der Waals surface area contributed by atoms with Crippen LogP contribution in [0.5, 0.6) is 0 Å². The van der Waals surface area contributed by atoms with Crippen LogP contribution in [0.25, 0.3) is 0 Å². The number of hydrogen-bond donors (Lipinski definition) is 2. The molecule has 1 heterocycles. The average Bonchev–Trinajstić information content (AvgIpc) is 2.82. The van der Waals surface area contributed by atoms with Crippen molar-refractivity contribution in [1.82, 2.24) is 10.2 Å². The number of nitrogens with one attached hydrogen (secondary N) is 1. The van der Waals surface area contributed by atoms with Crippen LogP contribution < -0.4 is 11.1 Å². The highest BCUT2D eigenvalue weighted by Crippen LogP contribution is 2.14. The van der Waals surface area contributed by atoms with Crippen LogP contribution in [0.2, 0.25) is 0 Å². The maximum Gasteiger partial charge on any atom is 0.253 e. The zero-order valence-electron chi connectivity index (χ0n) is 13.5. The second-order valence-corrected chi connectivity index (χ2v) is 5.65. The SMILES string of the molecule is CCCC(CCCCNC(=O)CCN1C(=O)C=CC1=O)C(N)=O. The molecule has 128 valence electrons. The topological polar surface area (TPSA) is 110 Å². The highest BCUT2D eigenvalue weighted by molar-refractivity contribution is 6.13. The number of primary amides is 1. The van der Waals surface area contributed by atoms with Gasteiger partial charge in [0.2, 0.25) is 11.8 Å². The largest absolute Gasteiger partial charge is 0.369 e. The first-order valence-corrected chi connectivity index (χ1v) is 8.05. The molecule has 4 amide bonds. The van der Waals surface area contributed by atoms with E-state index >= 15 is 0 Å². The van der Waals surface area contributed by atoms with Crippen LogP contribution >= 0.6 is 0 Å². The lowest BCUT2D eigenvalue weighted by atomic mass is 9.96. The molecule has 1 aliphatic heterocycles. The van der Waals surface area contributed by atoms with E-state index in [9.17, 15) is 19.2 Å². The Morgan fingerprint density at radius 1 is 1.17 bits per heavy atom. The molecule has 0 bridgehead atoms. The van der Waals surface area contributed by atoms with E-state index in [1.165, 1.54) is 12.2 Å². The van der Waals surface area contributed by atoms with Crippen molar-refractivity contribution in [2.75, 3.05) is 13.1 Å². The van der Waals surface area contributed by atoms with Crippen molar-refractivity contribution in [3.63, 3.8) is 0 Å². The van der Waals surface area contributed by atoms with Gasteiger partial charge in [-0.05, 0) is 19.3 Å². The van der Waals surface area contributed by atoms with Gasteiger partial charge in [0.1, 0.15) is 0 Å².